The zero-order valence-corrected chi connectivity index (χ0v) is 17.2. The molecule has 4 heteroatoms. The first-order valence-corrected chi connectivity index (χ1v) is 13.1. The molecular formula is C23H24BrO2P. The van der Waals surface area contributed by atoms with Gasteiger partial charge < -0.3 is 0 Å². The SMILES string of the molecule is [2H]C([2H])(CCP(Br)(c1ccccc1)(c1ccccc1)c1ccccc1)C([2H])([2H])C(=O)O. The van der Waals surface area contributed by atoms with Crippen molar-refractivity contribution in [2.75, 3.05) is 6.16 Å². The third kappa shape index (κ3) is 3.85. The molecule has 3 rings (SSSR count). The summed E-state index contributed by atoms with van der Waals surface area (Å²) in [5, 5.41) is 8.76. The van der Waals surface area contributed by atoms with E-state index < -0.39 is 24.0 Å². The van der Waals surface area contributed by atoms with E-state index in [1.54, 1.807) is 0 Å². The van der Waals surface area contributed by atoms with Crippen LogP contribution >= 0.6 is 20.8 Å². The van der Waals surface area contributed by atoms with Crippen molar-refractivity contribution in [1.29, 1.82) is 0 Å². The van der Waals surface area contributed by atoms with Gasteiger partial charge in [0.1, 0.15) is 0 Å². The van der Waals surface area contributed by atoms with Crippen LogP contribution in [0, 0.1) is 0 Å². The quantitative estimate of drug-likeness (QED) is 0.489. The van der Waals surface area contributed by atoms with Crippen LogP contribution in [0.25, 0.3) is 0 Å². The van der Waals surface area contributed by atoms with Gasteiger partial charge in [0.15, 0.2) is 0 Å². The van der Waals surface area contributed by atoms with Gasteiger partial charge in [0.2, 0.25) is 0 Å². The third-order valence-corrected chi connectivity index (χ3v) is 14.7. The van der Waals surface area contributed by atoms with Crippen LogP contribution in [0.1, 0.15) is 24.6 Å². The Hall–Kier alpha value is -1.96. The zero-order valence-electron chi connectivity index (χ0n) is 18.8. The monoisotopic (exact) mass is 446 g/mol. The summed E-state index contributed by atoms with van der Waals surface area (Å²) in [6.45, 7) is 0. The van der Waals surface area contributed by atoms with Crippen LogP contribution in [-0.4, -0.2) is 17.2 Å². The molecule has 0 heterocycles. The maximum atomic E-state index is 11.5. The molecule has 0 amide bonds. The van der Waals surface area contributed by atoms with Gasteiger partial charge in [-0.05, 0) is 0 Å². The van der Waals surface area contributed by atoms with Crippen molar-refractivity contribution in [3.8, 4) is 0 Å². The van der Waals surface area contributed by atoms with Gasteiger partial charge >= 0.3 is 174 Å². The van der Waals surface area contributed by atoms with Crippen molar-refractivity contribution in [3.63, 3.8) is 0 Å². The molecule has 0 atom stereocenters. The second-order valence-electron chi connectivity index (χ2n) is 6.27. The van der Waals surface area contributed by atoms with E-state index in [1.807, 2.05) is 91.0 Å². The fourth-order valence-corrected chi connectivity index (χ4v) is 10.7. The van der Waals surface area contributed by atoms with Crippen LogP contribution in [0.4, 0.5) is 0 Å². The average Bonchev–Trinajstić information content (AvgIpc) is 2.79. The molecule has 0 unspecified atom stereocenters. The van der Waals surface area contributed by atoms with Crippen molar-refractivity contribution in [2.24, 2.45) is 0 Å². The number of carboxylic acid groups (broad SMARTS) is 1. The summed E-state index contributed by atoms with van der Waals surface area (Å²) in [6.07, 6.45) is -5.66. The minimum absolute atomic E-state index is 0.212. The molecule has 0 fully saturated rings. The van der Waals surface area contributed by atoms with E-state index >= 15 is 0 Å². The summed E-state index contributed by atoms with van der Waals surface area (Å²) in [5.41, 5.74) is 0. The molecule has 0 aliphatic rings. The van der Waals surface area contributed by atoms with Crippen molar-refractivity contribution in [1.82, 2.24) is 0 Å². The summed E-state index contributed by atoms with van der Waals surface area (Å²) in [5.74, 6) is -1.80. The molecule has 0 aliphatic carbocycles. The minimum atomic E-state index is -3.45. The Morgan fingerprint density at radius 3 is 1.52 bits per heavy atom. The standard InChI is InChI=1S/C23H24BrO2P/c24-27(19-11-10-18-23(25)26,20-12-4-1-5-13-20,21-14-6-2-7-15-21)22-16-8-3-9-17-22/h1-9,12-17H,10-11,18-19H2,(H,25,26)/i10D2,18D2. The zero-order chi connectivity index (χ0) is 22.8. The molecule has 0 saturated heterocycles. The van der Waals surface area contributed by atoms with Crippen LogP contribution in [-0.2, 0) is 4.79 Å². The molecule has 0 aliphatic heterocycles. The Kier molecular flexibility index (Phi) is 4.66. The Morgan fingerprint density at radius 1 is 0.815 bits per heavy atom. The van der Waals surface area contributed by atoms with Crippen molar-refractivity contribution in [3.05, 3.63) is 91.0 Å². The molecule has 0 saturated carbocycles. The molecular weight excluding hydrogens is 419 g/mol. The van der Waals surface area contributed by atoms with Gasteiger partial charge in [-0.15, -0.1) is 0 Å². The summed E-state index contributed by atoms with van der Waals surface area (Å²) < 4.78 is 32.4. The summed E-state index contributed by atoms with van der Waals surface area (Å²) >= 11 is 4.17. The number of rotatable bonds is 8. The second-order valence-corrected chi connectivity index (χ2v) is 15.3. The fraction of sp³-hybridized carbons (Fsp3) is 0.174. The molecule has 3 aromatic rings. The molecule has 0 radical (unpaired) electrons. The second kappa shape index (κ2) is 8.37. The first kappa shape index (κ1) is 15.0. The van der Waals surface area contributed by atoms with E-state index in [0.717, 1.165) is 15.9 Å². The first-order valence-electron chi connectivity index (χ1n) is 10.7. The van der Waals surface area contributed by atoms with Crippen LogP contribution in [0.2, 0.25) is 0 Å². The Bertz CT molecular complexity index is 948. The van der Waals surface area contributed by atoms with E-state index in [0.29, 0.717) is 0 Å². The van der Waals surface area contributed by atoms with E-state index in [2.05, 4.69) is 15.5 Å². The van der Waals surface area contributed by atoms with Gasteiger partial charge in [0, 0.05) is 0 Å². The van der Waals surface area contributed by atoms with Crippen LogP contribution < -0.4 is 15.9 Å². The Labute approximate surface area is 174 Å². The number of halogens is 1. The molecule has 0 bridgehead atoms. The molecule has 140 valence electrons. The molecule has 0 spiro atoms. The summed E-state index contributed by atoms with van der Waals surface area (Å²) in [6, 6.07) is 29.3. The van der Waals surface area contributed by atoms with E-state index in [4.69, 9.17) is 5.48 Å². The topological polar surface area (TPSA) is 37.3 Å². The molecule has 27 heavy (non-hydrogen) atoms. The van der Waals surface area contributed by atoms with E-state index in [9.17, 15) is 9.90 Å². The summed E-state index contributed by atoms with van der Waals surface area (Å²) in [4.78, 5) is 11.5. The van der Waals surface area contributed by atoms with E-state index in [-0.39, 0.29) is 12.6 Å². The van der Waals surface area contributed by atoms with Gasteiger partial charge in [-0.1, -0.05) is 0 Å². The third-order valence-electron chi connectivity index (χ3n) is 4.74. The van der Waals surface area contributed by atoms with Crippen molar-refractivity contribution in [2.45, 2.75) is 19.2 Å². The predicted molar refractivity (Wildman–Crippen MR) is 120 cm³/mol. The van der Waals surface area contributed by atoms with Gasteiger partial charge in [0.05, 0.1) is 0 Å². The van der Waals surface area contributed by atoms with E-state index in [1.165, 1.54) is 0 Å². The fourth-order valence-electron chi connectivity index (χ4n) is 3.45. The Morgan fingerprint density at radius 2 is 1.19 bits per heavy atom. The Balaban J connectivity index is 2.28. The summed E-state index contributed by atoms with van der Waals surface area (Å²) in [7, 11) is 0. The molecule has 0 aromatic heterocycles. The molecule has 3 aromatic carbocycles. The number of aliphatic carboxylic acids is 1. The van der Waals surface area contributed by atoms with Gasteiger partial charge in [0.25, 0.3) is 0 Å². The molecule has 2 nitrogen and oxygen atoms in total. The van der Waals surface area contributed by atoms with Crippen LogP contribution in [0.3, 0.4) is 0 Å². The van der Waals surface area contributed by atoms with Crippen molar-refractivity contribution < 1.29 is 15.4 Å². The van der Waals surface area contributed by atoms with Crippen LogP contribution in [0.5, 0.6) is 0 Å². The van der Waals surface area contributed by atoms with Crippen LogP contribution in [0.15, 0.2) is 91.0 Å². The first-order chi connectivity index (χ1) is 14.5. The van der Waals surface area contributed by atoms with Gasteiger partial charge in [-0.2, -0.15) is 0 Å². The van der Waals surface area contributed by atoms with Gasteiger partial charge in [-0.25, -0.2) is 0 Å². The number of hydrogen-bond acceptors (Lipinski definition) is 1. The average molecular weight is 447 g/mol. The van der Waals surface area contributed by atoms with Crippen molar-refractivity contribution >= 4 is 42.7 Å². The number of benzene rings is 3. The number of hydrogen-bond donors (Lipinski definition) is 1. The predicted octanol–water partition coefficient (Wildman–Crippen LogP) is 5.08. The normalized spacial score (nSPS) is 16.1. The number of carbonyl (C=O) groups is 1. The maximum absolute atomic E-state index is 11.5. The molecule has 1 N–H and O–H groups in total. The number of carboxylic acids is 1. The van der Waals surface area contributed by atoms with Gasteiger partial charge in [-0.3, -0.25) is 0 Å².